The van der Waals surface area contributed by atoms with Gasteiger partial charge in [0.1, 0.15) is 5.76 Å². The molecule has 2 heterocycles. The van der Waals surface area contributed by atoms with Gasteiger partial charge < -0.3 is 15.1 Å². The van der Waals surface area contributed by atoms with Gasteiger partial charge in [0.15, 0.2) is 0 Å². The zero-order chi connectivity index (χ0) is 15.1. The van der Waals surface area contributed by atoms with Gasteiger partial charge in [-0.1, -0.05) is 0 Å². The highest BCUT2D eigenvalue weighted by Crippen LogP contribution is 2.14. The van der Waals surface area contributed by atoms with Crippen LogP contribution in [0.2, 0.25) is 0 Å². The Kier molecular flexibility index (Phi) is 5.77. The van der Waals surface area contributed by atoms with Crippen LogP contribution in [0.3, 0.4) is 0 Å². The summed E-state index contributed by atoms with van der Waals surface area (Å²) < 4.78 is 5.09. The van der Waals surface area contributed by atoms with E-state index in [-0.39, 0.29) is 19.0 Å². The zero-order valence-corrected chi connectivity index (χ0v) is 12.2. The second kappa shape index (κ2) is 7.80. The Labute approximate surface area is 124 Å². The molecule has 116 valence electrons. The van der Waals surface area contributed by atoms with Crippen molar-refractivity contribution < 1.29 is 14.0 Å². The first-order chi connectivity index (χ1) is 10.2. The largest absolute Gasteiger partial charge is 0.467 e. The lowest BCUT2D eigenvalue weighted by atomic mass is 10.1. The van der Waals surface area contributed by atoms with Crippen molar-refractivity contribution in [2.45, 2.75) is 13.0 Å². The highest BCUT2D eigenvalue weighted by Gasteiger charge is 2.23. The Morgan fingerprint density at radius 3 is 3.05 bits per heavy atom. The van der Waals surface area contributed by atoms with E-state index >= 15 is 0 Å². The van der Waals surface area contributed by atoms with E-state index in [9.17, 15) is 9.59 Å². The normalized spacial score (nSPS) is 18.6. The average molecular weight is 294 g/mol. The van der Waals surface area contributed by atoms with E-state index in [1.807, 2.05) is 7.05 Å². The highest BCUT2D eigenvalue weighted by atomic mass is 16.3. The minimum atomic E-state index is -0.498. The van der Waals surface area contributed by atoms with Gasteiger partial charge in [-0.25, -0.2) is 4.79 Å². The van der Waals surface area contributed by atoms with E-state index in [1.165, 1.54) is 6.26 Å². The van der Waals surface area contributed by atoms with Crippen LogP contribution in [0.1, 0.15) is 12.2 Å². The Bertz CT molecular complexity index is 461. The summed E-state index contributed by atoms with van der Waals surface area (Å²) >= 11 is 0. The minimum Gasteiger partial charge on any atom is -0.467 e. The summed E-state index contributed by atoms with van der Waals surface area (Å²) in [7, 11) is 1.93. The van der Waals surface area contributed by atoms with E-state index in [4.69, 9.17) is 4.42 Å². The Morgan fingerprint density at radius 2 is 2.33 bits per heavy atom. The monoisotopic (exact) mass is 294 g/mol. The lowest BCUT2D eigenvalue weighted by Gasteiger charge is -2.15. The molecule has 1 atom stereocenters. The standard InChI is InChI=1S/C14H22N4O3/c1-15-7-11-4-5-18(9-11)10-13(19)17-14(20)16-8-12-3-2-6-21-12/h2-3,6,11,15H,4-5,7-10H2,1H3,(H2,16,17,19,20). The third kappa shape index (κ3) is 5.20. The number of nitrogens with one attached hydrogen (secondary N) is 3. The van der Waals surface area contributed by atoms with Crippen LogP contribution in [0.25, 0.3) is 0 Å². The molecule has 0 aliphatic carbocycles. The second-order valence-electron chi connectivity index (χ2n) is 5.26. The van der Waals surface area contributed by atoms with E-state index in [2.05, 4.69) is 20.9 Å². The number of hydrogen-bond donors (Lipinski definition) is 3. The fourth-order valence-corrected chi connectivity index (χ4v) is 2.51. The van der Waals surface area contributed by atoms with Crippen molar-refractivity contribution in [3.63, 3.8) is 0 Å². The van der Waals surface area contributed by atoms with Crippen molar-refractivity contribution >= 4 is 11.9 Å². The second-order valence-corrected chi connectivity index (χ2v) is 5.26. The molecule has 1 aromatic heterocycles. The van der Waals surface area contributed by atoms with Crippen LogP contribution in [0.5, 0.6) is 0 Å². The molecule has 3 amide bonds. The summed E-state index contributed by atoms with van der Waals surface area (Å²) in [6.45, 7) is 3.27. The molecule has 1 aliphatic rings. The molecule has 1 unspecified atom stereocenters. The molecule has 1 fully saturated rings. The number of carbonyl (C=O) groups excluding carboxylic acids is 2. The molecule has 7 nitrogen and oxygen atoms in total. The van der Waals surface area contributed by atoms with Crippen LogP contribution >= 0.6 is 0 Å². The molecule has 0 spiro atoms. The number of furan rings is 1. The molecule has 0 aromatic carbocycles. The number of imide groups is 1. The van der Waals surface area contributed by atoms with E-state index in [1.54, 1.807) is 12.1 Å². The van der Waals surface area contributed by atoms with Gasteiger partial charge >= 0.3 is 6.03 Å². The minimum absolute atomic E-state index is 0.258. The molecule has 0 saturated carbocycles. The first-order valence-corrected chi connectivity index (χ1v) is 7.14. The van der Waals surface area contributed by atoms with Crippen molar-refractivity contribution in [2.75, 3.05) is 33.2 Å². The first kappa shape index (κ1) is 15.5. The molecule has 1 aliphatic heterocycles. The maximum absolute atomic E-state index is 11.8. The SMILES string of the molecule is CNCC1CCN(CC(=O)NC(=O)NCc2ccco2)C1. The average Bonchev–Trinajstić information content (AvgIpc) is 3.08. The maximum atomic E-state index is 11.8. The van der Waals surface area contributed by atoms with Gasteiger partial charge in [-0.15, -0.1) is 0 Å². The fourth-order valence-electron chi connectivity index (χ4n) is 2.51. The number of carbonyl (C=O) groups is 2. The molecule has 1 aromatic rings. The van der Waals surface area contributed by atoms with Crippen molar-refractivity contribution in [1.29, 1.82) is 0 Å². The number of rotatable bonds is 6. The van der Waals surface area contributed by atoms with Gasteiger partial charge in [-0.2, -0.15) is 0 Å². The molecule has 7 heteroatoms. The molecule has 2 rings (SSSR count). The van der Waals surface area contributed by atoms with Gasteiger partial charge in [0.05, 0.1) is 19.4 Å². The summed E-state index contributed by atoms with van der Waals surface area (Å²) in [5.74, 6) is 0.944. The Morgan fingerprint density at radius 1 is 1.48 bits per heavy atom. The van der Waals surface area contributed by atoms with Crippen LogP contribution in [0, 0.1) is 5.92 Å². The predicted octanol–water partition coefficient (Wildman–Crippen LogP) is 0.147. The van der Waals surface area contributed by atoms with Crippen molar-refractivity contribution in [3.05, 3.63) is 24.2 Å². The van der Waals surface area contributed by atoms with Gasteiger partial charge in [0.2, 0.25) is 5.91 Å². The molecule has 21 heavy (non-hydrogen) atoms. The topological polar surface area (TPSA) is 86.6 Å². The maximum Gasteiger partial charge on any atom is 0.321 e. The van der Waals surface area contributed by atoms with Gasteiger partial charge in [0, 0.05) is 6.54 Å². The summed E-state index contributed by atoms with van der Waals surface area (Å²) in [5, 5.41) is 8.05. The van der Waals surface area contributed by atoms with E-state index in [0.717, 1.165) is 26.1 Å². The fraction of sp³-hybridized carbons (Fsp3) is 0.571. The van der Waals surface area contributed by atoms with Crippen LogP contribution in [-0.4, -0.2) is 50.1 Å². The van der Waals surface area contributed by atoms with Crippen molar-refractivity contribution in [1.82, 2.24) is 20.9 Å². The van der Waals surface area contributed by atoms with Crippen LogP contribution in [0.4, 0.5) is 4.79 Å². The van der Waals surface area contributed by atoms with E-state index < -0.39 is 6.03 Å². The van der Waals surface area contributed by atoms with Crippen LogP contribution in [0.15, 0.2) is 22.8 Å². The third-order valence-electron chi connectivity index (χ3n) is 3.49. The molecule has 3 N–H and O–H groups in total. The highest BCUT2D eigenvalue weighted by molar-refractivity contribution is 5.95. The number of nitrogens with zero attached hydrogens (tertiary/aromatic N) is 1. The smallest absolute Gasteiger partial charge is 0.321 e. The van der Waals surface area contributed by atoms with Gasteiger partial charge in [0.25, 0.3) is 0 Å². The van der Waals surface area contributed by atoms with Gasteiger partial charge in [-0.3, -0.25) is 15.0 Å². The Hall–Kier alpha value is -1.86. The summed E-state index contributed by atoms with van der Waals surface area (Å²) in [5.41, 5.74) is 0. The summed E-state index contributed by atoms with van der Waals surface area (Å²) in [6.07, 6.45) is 2.62. The van der Waals surface area contributed by atoms with Crippen LogP contribution in [-0.2, 0) is 11.3 Å². The molecular weight excluding hydrogens is 272 g/mol. The number of likely N-dealkylation sites (tertiary alicyclic amines) is 1. The Balaban J connectivity index is 1.64. The van der Waals surface area contributed by atoms with Crippen LogP contribution < -0.4 is 16.0 Å². The lowest BCUT2D eigenvalue weighted by molar-refractivity contribution is -0.120. The summed E-state index contributed by atoms with van der Waals surface area (Å²) in [4.78, 5) is 25.4. The van der Waals surface area contributed by atoms with Crippen molar-refractivity contribution in [2.24, 2.45) is 5.92 Å². The van der Waals surface area contributed by atoms with Crippen molar-refractivity contribution in [3.8, 4) is 0 Å². The third-order valence-corrected chi connectivity index (χ3v) is 3.49. The zero-order valence-electron chi connectivity index (χ0n) is 12.2. The molecular formula is C14H22N4O3. The number of amides is 3. The molecule has 0 bridgehead atoms. The number of urea groups is 1. The van der Waals surface area contributed by atoms with E-state index in [0.29, 0.717) is 11.7 Å². The predicted molar refractivity (Wildman–Crippen MR) is 77.6 cm³/mol. The van der Waals surface area contributed by atoms with Gasteiger partial charge in [-0.05, 0) is 44.6 Å². The molecule has 0 radical (unpaired) electrons. The lowest BCUT2D eigenvalue weighted by Crippen LogP contribution is -2.44. The summed E-state index contributed by atoms with van der Waals surface area (Å²) in [6, 6.07) is 3.01. The number of hydrogen-bond acceptors (Lipinski definition) is 5. The quantitative estimate of drug-likeness (QED) is 0.695. The first-order valence-electron chi connectivity index (χ1n) is 7.14. The molecule has 1 saturated heterocycles.